The van der Waals surface area contributed by atoms with Crippen LogP contribution in [0.4, 0.5) is 101 Å². The molecule has 0 saturated carbocycles. The van der Waals surface area contributed by atoms with Crippen LogP contribution in [0.3, 0.4) is 0 Å². The average Bonchev–Trinajstić information content (AvgIpc) is 2.63. The lowest BCUT2D eigenvalue weighted by Gasteiger charge is -2.47. The van der Waals surface area contributed by atoms with Crippen molar-refractivity contribution in [1.82, 2.24) is 0 Å². The molecule has 2 unspecified atom stereocenters. The topological polar surface area (TPSA) is 20.2 Å². The Morgan fingerprint density at radius 2 is 0.658 bits per heavy atom. The van der Waals surface area contributed by atoms with Gasteiger partial charge in [0.1, 0.15) is 0 Å². The van der Waals surface area contributed by atoms with Crippen molar-refractivity contribution < 1.29 is 106 Å². The third kappa shape index (κ3) is 4.38. The molecule has 0 heterocycles. The molecule has 0 saturated heterocycles. The van der Waals surface area contributed by atoms with E-state index < -0.39 is 77.9 Å². The second-order valence-corrected chi connectivity index (χ2v) is 7.24. The molecule has 0 aromatic carbocycles. The Bertz CT molecular complexity index is 847. The van der Waals surface area contributed by atoms with Gasteiger partial charge >= 0.3 is 65.4 Å². The normalized spacial score (nSPS) is 18.9. The first-order chi connectivity index (χ1) is 15.9. The number of hydrogen-bond acceptors (Lipinski definition) is 1. The van der Waals surface area contributed by atoms with Gasteiger partial charge in [0.15, 0.2) is 0 Å². The molecule has 0 spiro atoms. The van der Waals surface area contributed by atoms with Crippen molar-refractivity contribution in [2.45, 2.75) is 77.9 Å². The Morgan fingerprint density at radius 1 is 0.395 bits per heavy atom. The molecule has 0 aliphatic carbocycles. The van der Waals surface area contributed by atoms with Crippen LogP contribution in [0.2, 0.25) is 0 Å². The van der Waals surface area contributed by atoms with Crippen molar-refractivity contribution in [2.75, 3.05) is 0 Å². The molecule has 0 aromatic heterocycles. The van der Waals surface area contributed by atoms with Gasteiger partial charge in [-0.3, -0.25) is 0 Å². The fourth-order valence-corrected chi connectivity index (χ4v) is 2.41. The molecule has 0 bridgehead atoms. The van der Waals surface area contributed by atoms with Gasteiger partial charge in [0.05, 0.1) is 6.10 Å². The summed E-state index contributed by atoms with van der Waals surface area (Å²) in [5.74, 6) is -70.8. The zero-order chi connectivity index (χ0) is 31.8. The number of hydrogen-bond donors (Lipinski definition) is 1. The molecule has 0 aliphatic rings. The van der Waals surface area contributed by atoms with Crippen LogP contribution in [0.25, 0.3) is 0 Å². The predicted molar refractivity (Wildman–Crippen MR) is 71.5 cm³/mol. The molecule has 0 rings (SSSR count). The van der Waals surface area contributed by atoms with E-state index in [-0.39, 0.29) is 0 Å². The van der Waals surface area contributed by atoms with Gasteiger partial charge in [-0.15, -0.1) is 0 Å². The zero-order valence-electron chi connectivity index (χ0n) is 16.6. The number of rotatable bonds is 10. The van der Waals surface area contributed by atoms with E-state index in [2.05, 4.69) is 0 Å². The lowest BCUT2D eigenvalue weighted by atomic mass is 9.80. The van der Waals surface area contributed by atoms with E-state index in [0.29, 0.717) is 0 Å². The third-order valence-corrected chi connectivity index (χ3v) is 4.54. The van der Waals surface area contributed by atoms with Gasteiger partial charge in [-0.2, -0.15) is 96.6 Å². The quantitative estimate of drug-likeness (QED) is 0.249. The summed E-state index contributed by atoms with van der Waals surface area (Å²) in [6, 6.07) is 0. The molecular weight excluding hydrogens is 621 g/mol. The molecule has 24 heteroatoms. The number of aliphatic hydroxyl groups excluding tert-OH is 1. The van der Waals surface area contributed by atoms with Gasteiger partial charge in [0, 0.05) is 6.42 Å². The van der Waals surface area contributed by atoms with Crippen LogP contribution in [0.15, 0.2) is 0 Å². The number of aliphatic hydroxyl groups is 1. The van der Waals surface area contributed by atoms with E-state index >= 15 is 0 Å². The van der Waals surface area contributed by atoms with Gasteiger partial charge in [-0.25, -0.2) is 4.39 Å². The summed E-state index contributed by atoms with van der Waals surface area (Å²) in [5, 5.41) is 8.39. The van der Waals surface area contributed by atoms with Crippen LogP contribution in [0.1, 0.15) is 6.42 Å². The van der Waals surface area contributed by atoms with E-state index in [9.17, 15) is 101 Å². The Morgan fingerprint density at radius 3 is 0.895 bits per heavy atom. The summed E-state index contributed by atoms with van der Waals surface area (Å²) >= 11 is 0. The molecule has 2 atom stereocenters. The first-order valence-corrected chi connectivity index (χ1v) is 8.27. The summed E-state index contributed by atoms with van der Waals surface area (Å²) < 4.78 is 303. The number of halogens is 23. The Hall–Kier alpha value is -1.65. The van der Waals surface area contributed by atoms with Crippen LogP contribution in [0, 0.1) is 6.92 Å². The summed E-state index contributed by atoms with van der Waals surface area (Å²) in [7, 11) is 0. The average molecular weight is 627 g/mol. The van der Waals surface area contributed by atoms with Crippen molar-refractivity contribution in [1.29, 1.82) is 0 Å². The van der Waals surface area contributed by atoms with Gasteiger partial charge in [-0.05, 0) is 6.92 Å². The van der Waals surface area contributed by atoms with E-state index in [1.54, 1.807) is 0 Å². The van der Waals surface area contributed by atoms with Crippen molar-refractivity contribution in [3.05, 3.63) is 6.92 Å². The van der Waals surface area contributed by atoms with Gasteiger partial charge < -0.3 is 5.11 Å². The van der Waals surface area contributed by atoms with E-state index in [0.717, 1.165) is 0 Å². The van der Waals surface area contributed by atoms with Crippen molar-refractivity contribution in [2.24, 2.45) is 0 Å². The summed E-state index contributed by atoms with van der Waals surface area (Å²) in [6.45, 7) is 2.03. The highest BCUT2D eigenvalue weighted by atomic mass is 19.4. The Balaban J connectivity index is 7.46. The second-order valence-electron chi connectivity index (χ2n) is 7.24. The van der Waals surface area contributed by atoms with Crippen LogP contribution in [-0.2, 0) is 0 Å². The van der Waals surface area contributed by atoms with Gasteiger partial charge in [-0.1, -0.05) is 0 Å². The van der Waals surface area contributed by atoms with E-state index in [1.807, 2.05) is 6.92 Å². The third-order valence-electron chi connectivity index (χ3n) is 4.54. The molecule has 1 N–H and O–H groups in total. The minimum absolute atomic E-state index is 2.03. The lowest BCUT2D eigenvalue weighted by molar-refractivity contribution is -0.483. The Kier molecular flexibility index (Phi) is 8.54. The molecule has 38 heavy (non-hydrogen) atoms. The minimum atomic E-state index is -9.61. The van der Waals surface area contributed by atoms with Crippen LogP contribution in [0.5, 0.6) is 0 Å². The lowest BCUT2D eigenvalue weighted by Crippen LogP contribution is -2.80. The molecule has 0 amide bonds. The first-order valence-electron chi connectivity index (χ1n) is 8.27. The van der Waals surface area contributed by atoms with E-state index in [1.165, 1.54) is 0 Å². The predicted octanol–water partition coefficient (Wildman–Crippen LogP) is 7.49. The highest BCUT2D eigenvalue weighted by molar-refractivity contribution is 5.22. The van der Waals surface area contributed by atoms with Gasteiger partial charge in [0.25, 0.3) is 0 Å². The molecule has 0 aromatic rings. The fourth-order valence-electron chi connectivity index (χ4n) is 2.41. The maximum Gasteiger partial charge on any atom is 0.457 e. The molecule has 1 nitrogen and oxygen atoms in total. The second kappa shape index (κ2) is 8.93. The molecule has 1 radical (unpaired) electrons. The zero-order valence-corrected chi connectivity index (χ0v) is 16.6. The smallest absolute Gasteiger partial charge is 0.393 e. The summed E-state index contributed by atoms with van der Waals surface area (Å²) in [5.41, 5.74) is -9.42. The molecular formula is C14H6F23O. The molecule has 0 aliphatic heterocycles. The van der Waals surface area contributed by atoms with E-state index in [4.69, 9.17) is 5.11 Å². The highest BCUT2D eigenvalue weighted by Gasteiger charge is 3.00. The van der Waals surface area contributed by atoms with Crippen LogP contribution in [-0.4, -0.2) is 76.6 Å². The van der Waals surface area contributed by atoms with Crippen molar-refractivity contribution >= 4 is 0 Å². The monoisotopic (exact) mass is 627 g/mol. The Labute approximate surface area is 192 Å². The number of alkyl halides is 23. The summed E-state index contributed by atoms with van der Waals surface area (Å²) in [4.78, 5) is 0. The largest absolute Gasteiger partial charge is 0.457 e. The van der Waals surface area contributed by atoms with Gasteiger partial charge in [0.2, 0.25) is 0 Å². The standard InChI is InChI=1S/C14H6F23O/c1-3(38)2-4(15,16)6(18,19)9(24,25)11(28,29)12(30,31)10(26,27)7(20,21)5(17,13(32,33)34)8(22,23)14(35,36)37/h3,38H,1-2H2. The highest BCUT2D eigenvalue weighted by Crippen LogP contribution is 2.68. The maximum absolute atomic E-state index is 13.7. The molecule has 0 fully saturated rings. The SMILES string of the molecule is [CH2]C(O)CC(F)(F)C(F)(F)C(F)(F)C(F)(F)C(F)(F)C(F)(F)C(F)(F)C(F)(C(F)(F)F)C(F)(F)C(F)(F)F. The van der Waals surface area contributed by atoms with Crippen molar-refractivity contribution in [3.8, 4) is 0 Å². The van der Waals surface area contributed by atoms with Crippen molar-refractivity contribution in [3.63, 3.8) is 0 Å². The minimum Gasteiger partial charge on any atom is -0.393 e. The summed E-state index contributed by atoms with van der Waals surface area (Å²) in [6.07, 6.45) is -23.6. The van der Waals surface area contributed by atoms with Crippen LogP contribution >= 0.6 is 0 Å². The first kappa shape index (κ1) is 36.4. The molecule has 229 valence electrons. The maximum atomic E-state index is 13.7. The fraction of sp³-hybridized carbons (Fsp3) is 0.929. The van der Waals surface area contributed by atoms with Crippen LogP contribution < -0.4 is 0 Å².